The van der Waals surface area contributed by atoms with Crippen LogP contribution >= 0.6 is 23.8 Å². The van der Waals surface area contributed by atoms with E-state index in [1.54, 1.807) is 0 Å². The Kier molecular flexibility index (Phi) is 6.20. The van der Waals surface area contributed by atoms with Crippen LogP contribution in [0.1, 0.15) is 48.8 Å². The smallest absolute Gasteiger partial charge is 0.171 e. The quantitative estimate of drug-likeness (QED) is 0.599. The Labute approximate surface area is 167 Å². The summed E-state index contributed by atoms with van der Waals surface area (Å²) in [5, 5.41) is 8.54. The lowest BCUT2D eigenvalue weighted by molar-refractivity contribution is 0.362. The highest BCUT2D eigenvalue weighted by Crippen LogP contribution is 2.34. The van der Waals surface area contributed by atoms with Gasteiger partial charge in [-0.05, 0) is 92.7 Å². The molecule has 0 atom stereocenters. The number of anilines is 1. The molecule has 2 aromatic carbocycles. The fourth-order valence-electron chi connectivity index (χ4n) is 3.75. The summed E-state index contributed by atoms with van der Waals surface area (Å²) in [5.41, 5.74) is 5.05. The largest absolute Gasteiger partial charge is 0.357 e. The van der Waals surface area contributed by atoms with E-state index in [2.05, 4.69) is 54.8 Å². The molecule has 1 fully saturated rings. The lowest BCUT2D eigenvalue weighted by atomic mass is 9.89. The van der Waals surface area contributed by atoms with Gasteiger partial charge in [-0.3, -0.25) is 0 Å². The summed E-state index contributed by atoms with van der Waals surface area (Å²) < 4.78 is 0. The number of thiocarbonyl (C=S) groups is 1. The molecule has 2 aromatic rings. The molecule has 0 aromatic heterocycles. The van der Waals surface area contributed by atoms with E-state index in [-0.39, 0.29) is 5.54 Å². The molecule has 3 rings (SSSR count). The molecule has 4 heteroatoms. The van der Waals surface area contributed by atoms with Crippen LogP contribution in [0, 0.1) is 13.8 Å². The number of nitrogens with one attached hydrogen (secondary N) is 2. The minimum atomic E-state index is 0.101. The van der Waals surface area contributed by atoms with Crippen molar-refractivity contribution in [2.45, 2.75) is 57.9 Å². The van der Waals surface area contributed by atoms with Crippen LogP contribution in [0.2, 0.25) is 5.02 Å². The van der Waals surface area contributed by atoms with E-state index in [0.29, 0.717) is 0 Å². The number of rotatable bonds is 5. The zero-order valence-electron chi connectivity index (χ0n) is 15.6. The molecule has 0 heterocycles. The maximum atomic E-state index is 6.00. The summed E-state index contributed by atoms with van der Waals surface area (Å²) in [6, 6.07) is 14.6. The van der Waals surface area contributed by atoms with Crippen LogP contribution in [-0.2, 0) is 6.42 Å². The maximum Gasteiger partial charge on any atom is 0.171 e. The molecule has 138 valence electrons. The second kappa shape index (κ2) is 8.41. The lowest BCUT2D eigenvalue weighted by Gasteiger charge is -2.32. The normalized spacial score (nSPS) is 15.7. The summed E-state index contributed by atoms with van der Waals surface area (Å²) in [6.45, 7) is 4.25. The van der Waals surface area contributed by atoms with E-state index < -0.39 is 0 Å². The third kappa shape index (κ3) is 4.99. The summed E-state index contributed by atoms with van der Waals surface area (Å²) >= 11 is 11.6. The predicted molar refractivity (Wildman–Crippen MR) is 116 cm³/mol. The van der Waals surface area contributed by atoms with Crippen molar-refractivity contribution in [3.8, 4) is 0 Å². The first-order valence-electron chi connectivity index (χ1n) is 9.37. The molecule has 0 aliphatic heterocycles. The van der Waals surface area contributed by atoms with Gasteiger partial charge < -0.3 is 10.6 Å². The first-order chi connectivity index (χ1) is 12.5. The molecule has 2 nitrogen and oxygen atoms in total. The van der Waals surface area contributed by atoms with Gasteiger partial charge in [-0.2, -0.15) is 0 Å². The standard InChI is InChI=1S/C22H27ClN2S/c1-16-5-10-20(15-17(16)2)24-21(26)25-22(12-3-4-13-22)14-11-18-6-8-19(23)9-7-18/h5-10,15H,3-4,11-14H2,1-2H3,(H2,24,25,26). The molecular formula is C22H27ClN2S. The van der Waals surface area contributed by atoms with Crippen molar-refractivity contribution in [2.24, 2.45) is 0 Å². The molecule has 0 unspecified atom stereocenters. The van der Waals surface area contributed by atoms with Gasteiger partial charge in [0.1, 0.15) is 0 Å². The Bertz CT molecular complexity index is 764. The van der Waals surface area contributed by atoms with Crippen LogP contribution in [0.4, 0.5) is 5.69 Å². The minimum absolute atomic E-state index is 0.101. The van der Waals surface area contributed by atoms with Crippen molar-refractivity contribution in [1.82, 2.24) is 5.32 Å². The Morgan fingerprint density at radius 2 is 1.73 bits per heavy atom. The number of hydrogen-bond donors (Lipinski definition) is 2. The molecule has 0 bridgehead atoms. The first-order valence-corrected chi connectivity index (χ1v) is 10.2. The van der Waals surface area contributed by atoms with E-state index in [1.165, 1.54) is 42.4 Å². The Balaban J connectivity index is 1.62. The van der Waals surface area contributed by atoms with Crippen LogP contribution in [0.25, 0.3) is 0 Å². The molecule has 1 aliphatic rings. The van der Waals surface area contributed by atoms with E-state index in [1.807, 2.05) is 12.1 Å². The highest BCUT2D eigenvalue weighted by Gasteiger charge is 2.34. The monoisotopic (exact) mass is 386 g/mol. The van der Waals surface area contributed by atoms with Crippen molar-refractivity contribution >= 4 is 34.6 Å². The van der Waals surface area contributed by atoms with Crippen LogP contribution in [0.5, 0.6) is 0 Å². The number of aryl methyl sites for hydroxylation is 3. The predicted octanol–water partition coefficient (Wildman–Crippen LogP) is 6.19. The third-order valence-electron chi connectivity index (χ3n) is 5.51. The van der Waals surface area contributed by atoms with E-state index in [4.69, 9.17) is 23.8 Å². The van der Waals surface area contributed by atoms with Crippen LogP contribution in [0.15, 0.2) is 42.5 Å². The molecule has 0 saturated heterocycles. The molecule has 2 N–H and O–H groups in total. The van der Waals surface area contributed by atoms with E-state index >= 15 is 0 Å². The Morgan fingerprint density at radius 3 is 2.38 bits per heavy atom. The Hall–Kier alpha value is -1.58. The number of hydrogen-bond acceptors (Lipinski definition) is 1. The van der Waals surface area contributed by atoms with Gasteiger partial charge in [-0.1, -0.05) is 42.6 Å². The average Bonchev–Trinajstić information content (AvgIpc) is 3.06. The molecule has 1 aliphatic carbocycles. The summed E-state index contributed by atoms with van der Waals surface area (Å²) in [4.78, 5) is 0. The molecule has 0 spiro atoms. The van der Waals surface area contributed by atoms with Gasteiger partial charge in [-0.25, -0.2) is 0 Å². The van der Waals surface area contributed by atoms with Crippen LogP contribution in [-0.4, -0.2) is 10.7 Å². The van der Waals surface area contributed by atoms with Gasteiger partial charge in [0, 0.05) is 16.2 Å². The van der Waals surface area contributed by atoms with Gasteiger partial charge in [0.15, 0.2) is 5.11 Å². The van der Waals surface area contributed by atoms with Crippen LogP contribution < -0.4 is 10.6 Å². The zero-order chi connectivity index (χ0) is 18.6. The van der Waals surface area contributed by atoms with Gasteiger partial charge >= 0.3 is 0 Å². The zero-order valence-corrected chi connectivity index (χ0v) is 17.1. The molecule has 1 saturated carbocycles. The molecule has 26 heavy (non-hydrogen) atoms. The van der Waals surface area contributed by atoms with Crippen molar-refractivity contribution in [3.05, 3.63) is 64.2 Å². The van der Waals surface area contributed by atoms with Crippen molar-refractivity contribution in [1.29, 1.82) is 0 Å². The van der Waals surface area contributed by atoms with E-state index in [0.717, 1.165) is 28.7 Å². The van der Waals surface area contributed by atoms with Gasteiger partial charge in [0.25, 0.3) is 0 Å². The van der Waals surface area contributed by atoms with E-state index in [9.17, 15) is 0 Å². The molecule has 0 radical (unpaired) electrons. The number of halogens is 1. The SMILES string of the molecule is Cc1ccc(NC(=S)NC2(CCc3ccc(Cl)cc3)CCCC2)cc1C. The second-order valence-electron chi connectivity index (χ2n) is 7.49. The van der Waals surface area contributed by atoms with Gasteiger partial charge in [0.05, 0.1) is 0 Å². The third-order valence-corrected chi connectivity index (χ3v) is 5.97. The van der Waals surface area contributed by atoms with Gasteiger partial charge in [-0.15, -0.1) is 0 Å². The molecular weight excluding hydrogens is 360 g/mol. The second-order valence-corrected chi connectivity index (χ2v) is 8.34. The van der Waals surface area contributed by atoms with Crippen molar-refractivity contribution in [3.63, 3.8) is 0 Å². The molecule has 0 amide bonds. The Morgan fingerprint density at radius 1 is 1.04 bits per heavy atom. The first kappa shape index (κ1) is 19.2. The fraction of sp³-hybridized carbons (Fsp3) is 0.409. The average molecular weight is 387 g/mol. The highest BCUT2D eigenvalue weighted by molar-refractivity contribution is 7.80. The minimum Gasteiger partial charge on any atom is -0.357 e. The van der Waals surface area contributed by atoms with Gasteiger partial charge in [0.2, 0.25) is 0 Å². The summed E-state index contributed by atoms with van der Waals surface area (Å²) in [5.74, 6) is 0. The lowest BCUT2D eigenvalue weighted by Crippen LogP contribution is -2.48. The topological polar surface area (TPSA) is 24.1 Å². The summed E-state index contributed by atoms with van der Waals surface area (Å²) in [6.07, 6.45) is 7.00. The van der Waals surface area contributed by atoms with Crippen LogP contribution in [0.3, 0.4) is 0 Å². The summed E-state index contributed by atoms with van der Waals surface area (Å²) in [7, 11) is 0. The highest BCUT2D eigenvalue weighted by atomic mass is 35.5. The van der Waals surface area contributed by atoms with Crippen molar-refractivity contribution < 1.29 is 0 Å². The maximum absolute atomic E-state index is 6.00. The fourth-order valence-corrected chi connectivity index (χ4v) is 4.21. The number of benzene rings is 2. The van der Waals surface area contributed by atoms with Crippen molar-refractivity contribution in [2.75, 3.05) is 5.32 Å².